The van der Waals surface area contributed by atoms with Gasteiger partial charge in [-0.25, -0.2) is 4.79 Å². The molecular weight excluding hydrogens is 405 g/mol. The van der Waals surface area contributed by atoms with Crippen LogP contribution in [0.5, 0.6) is 5.75 Å². The van der Waals surface area contributed by atoms with Gasteiger partial charge in [-0.15, -0.1) is 0 Å². The molecule has 0 bridgehead atoms. The lowest BCUT2D eigenvalue weighted by Gasteiger charge is -2.29. The summed E-state index contributed by atoms with van der Waals surface area (Å²) in [5, 5.41) is 23.0. The average Bonchev–Trinajstić information content (AvgIpc) is 2.73. The van der Waals surface area contributed by atoms with E-state index in [-0.39, 0.29) is 30.2 Å². The molecule has 2 aromatic rings. The van der Waals surface area contributed by atoms with Gasteiger partial charge >= 0.3 is 13.6 Å². The number of rotatable bonds is 13. The number of phenols is 1. The van der Waals surface area contributed by atoms with E-state index >= 15 is 0 Å². The molecule has 0 fully saturated rings. The zero-order valence-electron chi connectivity index (χ0n) is 17.4. The van der Waals surface area contributed by atoms with Crippen LogP contribution in [0.3, 0.4) is 0 Å². The van der Waals surface area contributed by atoms with Crippen molar-refractivity contribution in [1.29, 1.82) is 0 Å². The normalized spacial score (nSPS) is 12.5. The van der Waals surface area contributed by atoms with Crippen molar-refractivity contribution in [3.05, 3.63) is 59.7 Å². The van der Waals surface area contributed by atoms with Crippen LogP contribution in [-0.2, 0) is 13.6 Å². The summed E-state index contributed by atoms with van der Waals surface area (Å²) < 4.78 is 25.5. The summed E-state index contributed by atoms with van der Waals surface area (Å²) in [5.74, 6) is -2.28. The third-order valence-corrected chi connectivity index (χ3v) is 6.66. The first-order valence-corrected chi connectivity index (χ1v) is 11.8. The van der Waals surface area contributed by atoms with Gasteiger partial charge in [-0.2, -0.15) is 0 Å². The van der Waals surface area contributed by atoms with Gasteiger partial charge in [-0.05, 0) is 31.0 Å². The summed E-state index contributed by atoms with van der Waals surface area (Å²) in [6.07, 6.45) is 3.09. The first kappa shape index (κ1) is 23.9. The highest BCUT2D eigenvalue weighted by Crippen LogP contribution is 2.62. The van der Waals surface area contributed by atoms with Crippen molar-refractivity contribution in [2.45, 2.75) is 45.3 Å². The Labute approximate surface area is 177 Å². The standard InChI is InChI=1S/C22H30NO6P/c1-3-5-15-28-30(27,29-16-6-4-2)21(18-12-8-10-14-20(18)24)23-19-13-9-7-11-17(19)22(25)26/h7-14,21,23-24H,3-6,15-16H2,1-2H3,(H,25,26). The number of benzene rings is 2. The van der Waals surface area contributed by atoms with Gasteiger partial charge in [0.2, 0.25) is 0 Å². The van der Waals surface area contributed by atoms with Crippen molar-refractivity contribution in [2.75, 3.05) is 18.5 Å². The van der Waals surface area contributed by atoms with Crippen LogP contribution >= 0.6 is 7.60 Å². The molecule has 0 aliphatic carbocycles. The van der Waals surface area contributed by atoms with E-state index in [1.807, 2.05) is 13.8 Å². The van der Waals surface area contributed by atoms with Crippen LogP contribution in [-0.4, -0.2) is 29.4 Å². The van der Waals surface area contributed by atoms with Crippen LogP contribution in [0.25, 0.3) is 0 Å². The van der Waals surface area contributed by atoms with Crippen LogP contribution in [0.1, 0.15) is 61.2 Å². The monoisotopic (exact) mass is 435 g/mol. The van der Waals surface area contributed by atoms with E-state index < -0.39 is 19.3 Å². The fraction of sp³-hybridized carbons (Fsp3) is 0.409. The highest BCUT2D eigenvalue weighted by atomic mass is 31.2. The van der Waals surface area contributed by atoms with E-state index in [1.54, 1.807) is 36.4 Å². The predicted octanol–water partition coefficient (Wildman–Crippen LogP) is 6.03. The fourth-order valence-electron chi connectivity index (χ4n) is 2.85. The smallest absolute Gasteiger partial charge is 0.357 e. The Balaban J connectivity index is 2.51. The van der Waals surface area contributed by atoms with Crippen LogP contribution < -0.4 is 5.32 Å². The van der Waals surface area contributed by atoms with Gasteiger partial charge in [0.25, 0.3) is 0 Å². The number of para-hydroxylation sites is 2. The minimum Gasteiger partial charge on any atom is -0.508 e. The average molecular weight is 435 g/mol. The number of aromatic carboxylic acids is 1. The van der Waals surface area contributed by atoms with Gasteiger partial charge in [0.05, 0.1) is 18.8 Å². The van der Waals surface area contributed by atoms with Gasteiger partial charge in [-0.1, -0.05) is 57.0 Å². The SMILES string of the molecule is CCCCOP(=O)(OCCCC)C(Nc1ccccc1C(=O)O)c1ccccc1O. The summed E-state index contributed by atoms with van der Waals surface area (Å²) in [6, 6.07) is 12.8. The van der Waals surface area contributed by atoms with Gasteiger partial charge in [-0.3, -0.25) is 4.57 Å². The van der Waals surface area contributed by atoms with Gasteiger partial charge in [0.15, 0.2) is 5.78 Å². The minimum atomic E-state index is -3.82. The van der Waals surface area contributed by atoms with Crippen molar-refractivity contribution in [2.24, 2.45) is 0 Å². The van der Waals surface area contributed by atoms with Crippen LogP contribution in [0.4, 0.5) is 5.69 Å². The molecule has 0 radical (unpaired) electrons. The Kier molecular flexibility index (Phi) is 9.37. The number of anilines is 1. The molecule has 0 aliphatic heterocycles. The van der Waals surface area contributed by atoms with Crippen LogP contribution in [0.15, 0.2) is 48.5 Å². The zero-order chi connectivity index (χ0) is 22.0. The maximum Gasteiger partial charge on any atom is 0.357 e. The maximum atomic E-state index is 13.9. The molecule has 7 nitrogen and oxygen atoms in total. The lowest BCUT2D eigenvalue weighted by molar-refractivity contribution is 0.0697. The lowest BCUT2D eigenvalue weighted by Crippen LogP contribution is -2.18. The third kappa shape index (κ3) is 6.33. The maximum absolute atomic E-state index is 13.9. The molecule has 0 aromatic heterocycles. The molecule has 2 aromatic carbocycles. The molecule has 8 heteroatoms. The number of unbranched alkanes of at least 4 members (excludes halogenated alkanes) is 2. The molecule has 164 valence electrons. The molecule has 30 heavy (non-hydrogen) atoms. The van der Waals surface area contributed by atoms with E-state index in [0.29, 0.717) is 18.4 Å². The Morgan fingerprint density at radius 2 is 1.57 bits per heavy atom. The molecule has 0 saturated carbocycles. The number of phenolic OH excluding ortho intramolecular Hbond substituents is 1. The highest BCUT2D eigenvalue weighted by molar-refractivity contribution is 7.54. The summed E-state index contributed by atoms with van der Waals surface area (Å²) in [5.41, 5.74) is 0.595. The van der Waals surface area contributed by atoms with E-state index in [0.717, 1.165) is 12.8 Å². The third-order valence-electron chi connectivity index (χ3n) is 4.54. The quantitative estimate of drug-likeness (QED) is 0.261. The van der Waals surface area contributed by atoms with E-state index in [4.69, 9.17) is 9.05 Å². The lowest BCUT2D eigenvalue weighted by atomic mass is 10.1. The van der Waals surface area contributed by atoms with Crippen molar-refractivity contribution in [3.63, 3.8) is 0 Å². The van der Waals surface area contributed by atoms with Gasteiger partial charge in [0, 0.05) is 11.3 Å². The number of hydrogen-bond donors (Lipinski definition) is 3. The molecule has 1 atom stereocenters. The van der Waals surface area contributed by atoms with Crippen LogP contribution in [0, 0.1) is 0 Å². The Morgan fingerprint density at radius 1 is 1.00 bits per heavy atom. The second-order valence-corrected chi connectivity index (χ2v) is 8.98. The number of nitrogens with one attached hydrogen (secondary N) is 1. The topological polar surface area (TPSA) is 105 Å². The molecule has 0 heterocycles. The first-order chi connectivity index (χ1) is 14.4. The zero-order valence-corrected chi connectivity index (χ0v) is 18.3. The van der Waals surface area contributed by atoms with Crippen LogP contribution in [0.2, 0.25) is 0 Å². The van der Waals surface area contributed by atoms with Gasteiger partial charge in [0.1, 0.15) is 5.75 Å². The second-order valence-electron chi connectivity index (χ2n) is 6.87. The minimum absolute atomic E-state index is 0.0200. The molecule has 0 aliphatic rings. The molecule has 2 rings (SSSR count). The molecular formula is C22H30NO6P. The summed E-state index contributed by atoms with van der Waals surface area (Å²) in [7, 11) is -3.82. The Bertz CT molecular complexity index is 858. The first-order valence-electron chi connectivity index (χ1n) is 10.2. The van der Waals surface area contributed by atoms with E-state index in [2.05, 4.69) is 5.32 Å². The van der Waals surface area contributed by atoms with Crippen molar-refractivity contribution < 1.29 is 28.6 Å². The number of carbonyl (C=O) groups is 1. The molecule has 3 N–H and O–H groups in total. The Hall–Kier alpha value is -2.34. The largest absolute Gasteiger partial charge is 0.508 e. The number of aromatic hydroxyl groups is 1. The molecule has 0 saturated heterocycles. The van der Waals surface area contributed by atoms with Crippen molar-refractivity contribution in [1.82, 2.24) is 0 Å². The predicted molar refractivity (Wildman–Crippen MR) is 117 cm³/mol. The Morgan fingerprint density at radius 3 is 2.13 bits per heavy atom. The number of carboxylic acid groups (broad SMARTS) is 1. The van der Waals surface area contributed by atoms with E-state index in [1.165, 1.54) is 12.1 Å². The molecule has 0 spiro atoms. The summed E-state index contributed by atoms with van der Waals surface area (Å²) in [4.78, 5) is 11.7. The van der Waals surface area contributed by atoms with Crippen molar-refractivity contribution in [3.8, 4) is 5.75 Å². The molecule has 0 amide bonds. The fourth-order valence-corrected chi connectivity index (χ4v) is 4.84. The molecule has 1 unspecified atom stereocenters. The summed E-state index contributed by atoms with van der Waals surface area (Å²) in [6.45, 7) is 4.45. The number of hydrogen-bond acceptors (Lipinski definition) is 6. The van der Waals surface area contributed by atoms with Gasteiger partial charge < -0.3 is 24.6 Å². The second kappa shape index (κ2) is 11.7. The van der Waals surface area contributed by atoms with Crippen molar-refractivity contribution >= 4 is 19.3 Å². The summed E-state index contributed by atoms with van der Waals surface area (Å²) >= 11 is 0. The number of carboxylic acids is 1. The van der Waals surface area contributed by atoms with E-state index in [9.17, 15) is 19.6 Å². The highest BCUT2D eigenvalue weighted by Gasteiger charge is 2.39.